The maximum atomic E-state index is 11.1. The molecule has 0 aliphatic heterocycles. The second-order valence-electron chi connectivity index (χ2n) is 7.42. The summed E-state index contributed by atoms with van der Waals surface area (Å²) in [5, 5.41) is 9.82. The molecule has 0 aromatic heterocycles. The Morgan fingerprint density at radius 2 is 2.00 bits per heavy atom. The van der Waals surface area contributed by atoms with Gasteiger partial charge < -0.3 is 9.84 Å². The van der Waals surface area contributed by atoms with Crippen molar-refractivity contribution < 1.29 is 14.6 Å². The summed E-state index contributed by atoms with van der Waals surface area (Å²) in [4.78, 5) is 13.2. The van der Waals surface area contributed by atoms with Gasteiger partial charge in [-0.15, -0.1) is 0 Å². The molecule has 0 fully saturated rings. The second kappa shape index (κ2) is 11.1. The van der Waals surface area contributed by atoms with Crippen molar-refractivity contribution in [1.82, 2.24) is 4.90 Å². The molecule has 1 atom stereocenters. The second-order valence-corrected chi connectivity index (χ2v) is 7.83. The molecule has 0 saturated carbocycles. The highest BCUT2D eigenvalue weighted by atomic mass is 35.5. The maximum Gasteiger partial charge on any atom is 0.304 e. The Hall–Kier alpha value is -2.04. The van der Waals surface area contributed by atoms with Crippen molar-refractivity contribution in [3.8, 4) is 5.75 Å². The normalized spacial score (nSPS) is 12.2. The van der Waals surface area contributed by atoms with Crippen molar-refractivity contribution in [2.75, 3.05) is 13.2 Å². The molecular weight excluding hydrogens is 374 g/mol. The number of rotatable bonds is 11. The number of benzene rings is 2. The Balaban J connectivity index is 2.11. The molecule has 5 heteroatoms. The zero-order valence-corrected chi connectivity index (χ0v) is 17.7. The topological polar surface area (TPSA) is 49.8 Å². The van der Waals surface area contributed by atoms with Crippen LogP contribution in [0.15, 0.2) is 42.5 Å². The first-order chi connectivity index (χ1) is 13.4. The van der Waals surface area contributed by atoms with Gasteiger partial charge in [-0.25, -0.2) is 0 Å². The molecule has 2 aromatic rings. The lowest BCUT2D eigenvalue weighted by Crippen LogP contribution is -2.26. The number of aliphatic carboxylic acids is 1. The van der Waals surface area contributed by atoms with E-state index in [1.165, 1.54) is 0 Å². The standard InChI is InChI=1S/C23H30ClNO3/c1-4-17(2)16-28-21-7-5-6-19(13-21)14-25(11-10-23(26)27)15-20-12-18(3)8-9-22(20)24/h5-9,12-13,17H,4,10-11,14-16H2,1-3H3,(H,26,27). The summed E-state index contributed by atoms with van der Waals surface area (Å²) in [6.07, 6.45) is 1.17. The zero-order valence-electron chi connectivity index (χ0n) is 17.0. The van der Waals surface area contributed by atoms with Gasteiger partial charge >= 0.3 is 5.97 Å². The van der Waals surface area contributed by atoms with Gasteiger partial charge in [-0.05, 0) is 42.2 Å². The average Bonchev–Trinajstić information content (AvgIpc) is 2.67. The van der Waals surface area contributed by atoms with Crippen LogP contribution in [0.4, 0.5) is 0 Å². The lowest BCUT2D eigenvalue weighted by Gasteiger charge is -2.23. The van der Waals surface area contributed by atoms with Crippen molar-refractivity contribution in [2.24, 2.45) is 5.92 Å². The summed E-state index contributed by atoms with van der Waals surface area (Å²) in [6.45, 7) is 8.74. The van der Waals surface area contributed by atoms with E-state index in [0.29, 0.717) is 37.2 Å². The number of aryl methyl sites for hydroxylation is 1. The number of carbonyl (C=O) groups is 1. The van der Waals surface area contributed by atoms with Crippen LogP contribution in [-0.4, -0.2) is 29.1 Å². The van der Waals surface area contributed by atoms with Crippen LogP contribution in [0.1, 0.15) is 43.4 Å². The van der Waals surface area contributed by atoms with Gasteiger partial charge in [0, 0.05) is 24.7 Å². The summed E-state index contributed by atoms with van der Waals surface area (Å²) in [6, 6.07) is 14.0. The van der Waals surface area contributed by atoms with E-state index in [-0.39, 0.29) is 6.42 Å². The minimum Gasteiger partial charge on any atom is -0.493 e. The van der Waals surface area contributed by atoms with Crippen molar-refractivity contribution in [2.45, 2.75) is 46.7 Å². The van der Waals surface area contributed by atoms with Gasteiger partial charge in [-0.3, -0.25) is 9.69 Å². The first-order valence-corrected chi connectivity index (χ1v) is 10.2. The van der Waals surface area contributed by atoms with Gasteiger partial charge in [-0.2, -0.15) is 0 Å². The Kier molecular flexibility index (Phi) is 8.81. The number of hydrogen-bond donors (Lipinski definition) is 1. The molecule has 1 N–H and O–H groups in total. The van der Waals surface area contributed by atoms with E-state index < -0.39 is 5.97 Å². The van der Waals surface area contributed by atoms with E-state index in [4.69, 9.17) is 21.4 Å². The summed E-state index contributed by atoms with van der Waals surface area (Å²) in [5.41, 5.74) is 3.24. The largest absolute Gasteiger partial charge is 0.493 e. The molecule has 0 spiro atoms. The van der Waals surface area contributed by atoms with Crippen molar-refractivity contribution >= 4 is 17.6 Å². The first kappa shape index (κ1) is 22.3. The maximum absolute atomic E-state index is 11.1. The molecule has 2 aromatic carbocycles. The van der Waals surface area contributed by atoms with Crippen LogP contribution in [0.25, 0.3) is 0 Å². The number of ether oxygens (including phenoxy) is 1. The smallest absolute Gasteiger partial charge is 0.304 e. The minimum atomic E-state index is -0.800. The number of halogens is 1. The number of carboxylic acid groups (broad SMARTS) is 1. The molecule has 0 saturated heterocycles. The van der Waals surface area contributed by atoms with Crippen LogP contribution >= 0.6 is 11.6 Å². The fourth-order valence-electron chi connectivity index (χ4n) is 2.88. The number of nitrogens with zero attached hydrogens (tertiary/aromatic N) is 1. The van der Waals surface area contributed by atoms with Crippen LogP contribution < -0.4 is 4.74 Å². The summed E-state index contributed by atoms with van der Waals surface area (Å²) >= 11 is 6.35. The van der Waals surface area contributed by atoms with Crippen LogP contribution in [-0.2, 0) is 17.9 Å². The first-order valence-electron chi connectivity index (χ1n) is 9.78. The van der Waals surface area contributed by atoms with E-state index >= 15 is 0 Å². The van der Waals surface area contributed by atoms with Gasteiger partial charge in [0.2, 0.25) is 0 Å². The predicted molar refractivity (Wildman–Crippen MR) is 114 cm³/mol. The highest BCUT2D eigenvalue weighted by Gasteiger charge is 2.12. The van der Waals surface area contributed by atoms with Gasteiger partial charge in [-0.1, -0.05) is 61.7 Å². The molecule has 152 valence electrons. The summed E-state index contributed by atoms with van der Waals surface area (Å²) < 4.78 is 5.90. The monoisotopic (exact) mass is 403 g/mol. The van der Waals surface area contributed by atoms with Crippen LogP contribution in [0.5, 0.6) is 5.75 Å². The van der Waals surface area contributed by atoms with Crippen molar-refractivity contribution in [3.63, 3.8) is 0 Å². The van der Waals surface area contributed by atoms with Gasteiger partial charge in [0.05, 0.1) is 13.0 Å². The highest BCUT2D eigenvalue weighted by Crippen LogP contribution is 2.22. The zero-order chi connectivity index (χ0) is 20.5. The molecule has 0 heterocycles. The van der Waals surface area contributed by atoms with E-state index in [2.05, 4.69) is 24.8 Å². The molecule has 28 heavy (non-hydrogen) atoms. The van der Waals surface area contributed by atoms with Crippen molar-refractivity contribution in [3.05, 3.63) is 64.2 Å². The molecule has 0 aliphatic carbocycles. The number of carboxylic acids is 1. The SMILES string of the molecule is CCC(C)COc1cccc(CN(CCC(=O)O)Cc2cc(C)ccc2Cl)c1. The Morgan fingerprint density at radius 3 is 2.71 bits per heavy atom. The average molecular weight is 404 g/mol. The minimum absolute atomic E-state index is 0.0909. The summed E-state index contributed by atoms with van der Waals surface area (Å²) in [7, 11) is 0. The van der Waals surface area contributed by atoms with E-state index in [9.17, 15) is 4.79 Å². The van der Waals surface area contributed by atoms with Crippen molar-refractivity contribution in [1.29, 1.82) is 0 Å². The quantitative estimate of drug-likeness (QED) is 0.534. The molecule has 0 radical (unpaired) electrons. The van der Waals surface area contributed by atoms with Crippen LogP contribution in [0.3, 0.4) is 0 Å². The lowest BCUT2D eigenvalue weighted by atomic mass is 10.1. The van der Waals surface area contributed by atoms with Crippen LogP contribution in [0, 0.1) is 12.8 Å². The third-order valence-corrected chi connectivity index (χ3v) is 5.14. The molecule has 1 unspecified atom stereocenters. The molecular formula is C23H30ClNO3. The molecule has 0 amide bonds. The third kappa shape index (κ3) is 7.53. The Morgan fingerprint density at radius 1 is 1.21 bits per heavy atom. The van der Waals surface area contributed by atoms with E-state index in [0.717, 1.165) is 28.9 Å². The van der Waals surface area contributed by atoms with Gasteiger partial charge in [0.15, 0.2) is 0 Å². The predicted octanol–water partition coefficient (Wildman–Crippen LogP) is 5.55. The highest BCUT2D eigenvalue weighted by molar-refractivity contribution is 6.31. The van der Waals surface area contributed by atoms with E-state index in [1.807, 2.05) is 43.3 Å². The molecule has 0 aliphatic rings. The van der Waals surface area contributed by atoms with E-state index in [1.54, 1.807) is 0 Å². The Labute approximate surface area is 173 Å². The molecule has 4 nitrogen and oxygen atoms in total. The van der Waals surface area contributed by atoms with Crippen LogP contribution in [0.2, 0.25) is 5.02 Å². The summed E-state index contributed by atoms with van der Waals surface area (Å²) in [5.74, 6) is 0.565. The molecule has 2 rings (SSSR count). The fourth-order valence-corrected chi connectivity index (χ4v) is 3.06. The van der Waals surface area contributed by atoms with Gasteiger partial charge in [0.1, 0.15) is 5.75 Å². The fraction of sp³-hybridized carbons (Fsp3) is 0.435. The van der Waals surface area contributed by atoms with Gasteiger partial charge in [0.25, 0.3) is 0 Å². The Bertz CT molecular complexity index is 778. The molecule has 0 bridgehead atoms. The lowest BCUT2D eigenvalue weighted by molar-refractivity contribution is -0.137. The third-order valence-electron chi connectivity index (χ3n) is 4.77. The number of hydrogen-bond acceptors (Lipinski definition) is 3.